The minimum atomic E-state index is -1.14. The Bertz CT molecular complexity index is 1250. The summed E-state index contributed by atoms with van der Waals surface area (Å²) in [5, 5.41) is 19.7. The average Bonchev–Trinajstić information content (AvgIpc) is 2.87. The molecule has 13 heteroatoms. The van der Waals surface area contributed by atoms with Crippen LogP contribution in [-0.2, 0) is 9.53 Å². The van der Waals surface area contributed by atoms with E-state index in [4.69, 9.17) is 18.9 Å². The van der Waals surface area contributed by atoms with Crippen LogP contribution in [0.2, 0.25) is 0 Å². The SMILES string of the molecule is CCOc1cc([C@H]2NC(=O)NC(C)=C2C(=O)OC)ccc1OC[C@@H](O)N/N=C/c1cc(Br)cc(Br)c1OC. The minimum absolute atomic E-state index is 0.146. The van der Waals surface area contributed by atoms with Gasteiger partial charge in [-0.3, -0.25) is 5.43 Å². The number of aliphatic hydroxyl groups excluding tert-OH is 1. The number of nitrogens with zero attached hydrogens (tertiary/aromatic N) is 1. The summed E-state index contributed by atoms with van der Waals surface area (Å²) in [7, 11) is 2.83. The molecule has 204 valence electrons. The van der Waals surface area contributed by atoms with E-state index >= 15 is 0 Å². The van der Waals surface area contributed by atoms with E-state index in [0.717, 1.165) is 8.95 Å². The van der Waals surface area contributed by atoms with Gasteiger partial charge in [0, 0.05) is 15.7 Å². The fourth-order valence-electron chi connectivity index (χ4n) is 3.71. The number of nitrogens with one attached hydrogen (secondary N) is 3. The molecular formula is C25H28Br2N4O7. The summed E-state index contributed by atoms with van der Waals surface area (Å²) in [6, 6.07) is 7.47. The largest absolute Gasteiger partial charge is 0.495 e. The number of hydrazone groups is 1. The topological polar surface area (TPSA) is 140 Å². The molecule has 0 saturated heterocycles. The number of carbonyl (C=O) groups excluding carboxylic acids is 2. The van der Waals surface area contributed by atoms with Gasteiger partial charge in [0.2, 0.25) is 0 Å². The molecule has 38 heavy (non-hydrogen) atoms. The van der Waals surface area contributed by atoms with Crippen LogP contribution < -0.4 is 30.3 Å². The first-order chi connectivity index (χ1) is 18.2. The smallest absolute Gasteiger partial charge is 0.337 e. The number of carbonyl (C=O) groups is 2. The van der Waals surface area contributed by atoms with Crippen molar-refractivity contribution < 1.29 is 33.6 Å². The summed E-state index contributed by atoms with van der Waals surface area (Å²) >= 11 is 6.85. The van der Waals surface area contributed by atoms with Gasteiger partial charge in [-0.2, -0.15) is 5.10 Å². The summed E-state index contributed by atoms with van der Waals surface area (Å²) in [5.74, 6) is 0.759. The van der Waals surface area contributed by atoms with Crippen molar-refractivity contribution in [3.8, 4) is 17.2 Å². The van der Waals surface area contributed by atoms with Crippen molar-refractivity contribution in [1.29, 1.82) is 0 Å². The van der Waals surface area contributed by atoms with E-state index in [0.29, 0.717) is 40.7 Å². The maximum Gasteiger partial charge on any atom is 0.337 e. The first-order valence-corrected chi connectivity index (χ1v) is 13.0. The second-order valence-electron chi connectivity index (χ2n) is 7.93. The van der Waals surface area contributed by atoms with Crippen LogP contribution in [0.4, 0.5) is 4.79 Å². The van der Waals surface area contributed by atoms with Gasteiger partial charge in [-0.25, -0.2) is 9.59 Å². The van der Waals surface area contributed by atoms with Crippen molar-refractivity contribution in [2.75, 3.05) is 27.4 Å². The fraction of sp³-hybridized carbons (Fsp3) is 0.320. The molecule has 2 amide bonds. The van der Waals surface area contributed by atoms with Crippen LogP contribution in [-0.4, -0.2) is 57.0 Å². The van der Waals surface area contributed by atoms with Crippen LogP contribution >= 0.6 is 31.9 Å². The number of hydrogen-bond acceptors (Lipinski definition) is 9. The number of allylic oxidation sites excluding steroid dienone is 1. The quantitative estimate of drug-likeness (QED) is 0.124. The lowest BCUT2D eigenvalue weighted by atomic mass is 9.95. The van der Waals surface area contributed by atoms with Gasteiger partial charge in [-0.1, -0.05) is 22.0 Å². The molecule has 1 aliphatic rings. The number of aliphatic hydroxyl groups is 1. The van der Waals surface area contributed by atoms with Crippen LogP contribution in [0.5, 0.6) is 17.2 Å². The molecule has 0 unspecified atom stereocenters. The third-order valence-corrected chi connectivity index (χ3v) is 6.39. The molecule has 0 bridgehead atoms. The van der Waals surface area contributed by atoms with E-state index in [-0.39, 0.29) is 12.2 Å². The van der Waals surface area contributed by atoms with Crippen molar-refractivity contribution in [3.05, 3.63) is 61.7 Å². The summed E-state index contributed by atoms with van der Waals surface area (Å²) in [4.78, 5) is 24.5. The average molecular weight is 656 g/mol. The molecule has 0 saturated carbocycles. The molecule has 0 aromatic heterocycles. The first kappa shape index (κ1) is 29.3. The Morgan fingerprint density at radius 3 is 2.66 bits per heavy atom. The lowest BCUT2D eigenvalue weighted by Crippen LogP contribution is -2.45. The van der Waals surface area contributed by atoms with Crippen LogP contribution in [0.15, 0.2) is 55.6 Å². The Morgan fingerprint density at radius 2 is 1.97 bits per heavy atom. The van der Waals surface area contributed by atoms with E-state index in [2.05, 4.69) is 53.0 Å². The maximum absolute atomic E-state index is 12.4. The number of amides is 2. The highest BCUT2D eigenvalue weighted by molar-refractivity contribution is 9.11. The molecule has 2 aromatic carbocycles. The molecule has 0 spiro atoms. The van der Waals surface area contributed by atoms with Gasteiger partial charge in [-0.05, 0) is 59.6 Å². The number of urea groups is 1. The van der Waals surface area contributed by atoms with Gasteiger partial charge in [0.1, 0.15) is 12.4 Å². The number of benzene rings is 2. The monoisotopic (exact) mass is 654 g/mol. The molecule has 2 atom stereocenters. The van der Waals surface area contributed by atoms with Crippen molar-refractivity contribution in [1.82, 2.24) is 16.1 Å². The molecule has 0 aliphatic carbocycles. The van der Waals surface area contributed by atoms with Gasteiger partial charge >= 0.3 is 12.0 Å². The van der Waals surface area contributed by atoms with Crippen LogP contribution in [0.3, 0.4) is 0 Å². The lowest BCUT2D eigenvalue weighted by molar-refractivity contribution is -0.136. The zero-order valence-electron chi connectivity index (χ0n) is 21.1. The molecule has 1 heterocycles. The summed E-state index contributed by atoms with van der Waals surface area (Å²) in [6.45, 7) is 3.63. The Balaban J connectivity index is 1.72. The Kier molecular flexibility index (Phi) is 10.4. The first-order valence-electron chi connectivity index (χ1n) is 11.4. The molecule has 11 nitrogen and oxygen atoms in total. The number of hydrogen-bond donors (Lipinski definition) is 4. The fourth-order valence-corrected chi connectivity index (χ4v) is 5.13. The second-order valence-corrected chi connectivity index (χ2v) is 9.70. The number of rotatable bonds is 11. The van der Waals surface area contributed by atoms with Crippen LogP contribution in [0, 0.1) is 0 Å². The van der Waals surface area contributed by atoms with Crippen molar-refractivity contribution in [2.45, 2.75) is 26.1 Å². The van der Waals surface area contributed by atoms with E-state index in [1.165, 1.54) is 13.3 Å². The van der Waals surface area contributed by atoms with Gasteiger partial charge in [0.15, 0.2) is 17.7 Å². The summed E-state index contributed by atoms with van der Waals surface area (Å²) in [6.07, 6.45) is 0.377. The molecule has 4 N–H and O–H groups in total. The zero-order chi connectivity index (χ0) is 27.8. The molecule has 0 radical (unpaired) electrons. The predicted octanol–water partition coefficient (Wildman–Crippen LogP) is 3.74. The molecule has 3 rings (SSSR count). The van der Waals surface area contributed by atoms with Gasteiger partial charge < -0.3 is 34.7 Å². The highest BCUT2D eigenvalue weighted by Crippen LogP contribution is 2.35. The van der Waals surface area contributed by atoms with Crippen molar-refractivity contribution in [2.24, 2.45) is 5.10 Å². The Labute approximate surface area is 236 Å². The predicted molar refractivity (Wildman–Crippen MR) is 147 cm³/mol. The number of methoxy groups -OCH3 is 2. The Hall–Kier alpha value is -3.29. The molecule has 0 fully saturated rings. The molecule has 1 aliphatic heterocycles. The van der Waals surface area contributed by atoms with E-state index in [1.54, 1.807) is 32.2 Å². The summed E-state index contributed by atoms with van der Waals surface area (Å²) in [5.41, 5.74) is 4.54. The van der Waals surface area contributed by atoms with Gasteiger partial charge in [0.25, 0.3) is 0 Å². The van der Waals surface area contributed by atoms with Crippen LogP contribution in [0.1, 0.15) is 31.0 Å². The normalized spacial score (nSPS) is 16.0. The minimum Gasteiger partial charge on any atom is -0.495 e. The van der Waals surface area contributed by atoms with Crippen molar-refractivity contribution in [3.63, 3.8) is 0 Å². The molecule has 2 aromatic rings. The highest BCUT2D eigenvalue weighted by Gasteiger charge is 2.32. The zero-order valence-corrected chi connectivity index (χ0v) is 24.3. The van der Waals surface area contributed by atoms with E-state index in [9.17, 15) is 14.7 Å². The third-order valence-electron chi connectivity index (χ3n) is 5.34. The van der Waals surface area contributed by atoms with E-state index < -0.39 is 24.3 Å². The van der Waals surface area contributed by atoms with E-state index in [1.807, 2.05) is 19.1 Å². The lowest BCUT2D eigenvalue weighted by Gasteiger charge is -2.28. The van der Waals surface area contributed by atoms with Gasteiger partial charge in [-0.15, -0.1) is 0 Å². The number of ether oxygens (including phenoxy) is 4. The highest BCUT2D eigenvalue weighted by atomic mass is 79.9. The molecular weight excluding hydrogens is 628 g/mol. The van der Waals surface area contributed by atoms with Gasteiger partial charge in [0.05, 0.1) is 43.1 Å². The number of esters is 1. The Morgan fingerprint density at radius 1 is 1.21 bits per heavy atom. The standard InChI is InChI=1S/C25H28Br2N4O7/c1-5-37-19-9-14(22-21(24(33)36-4)13(2)29-25(34)30-22)6-7-18(19)38-12-20(32)31-28-11-15-8-16(26)10-17(27)23(15)35-3/h6-11,20,22,31-32H,5,12H2,1-4H3,(H2,29,30,34)/b28-11+/t20-,22-/m1/s1. The third kappa shape index (κ3) is 7.17. The summed E-state index contributed by atoms with van der Waals surface area (Å²) < 4.78 is 23.3. The van der Waals surface area contributed by atoms with Crippen molar-refractivity contribution >= 4 is 50.1 Å². The van der Waals surface area contributed by atoms with Crippen LogP contribution in [0.25, 0.3) is 0 Å². The second kappa shape index (κ2) is 13.5. The maximum atomic E-state index is 12.4. The number of halogens is 2.